The molecule has 3 heteroatoms. The van der Waals surface area contributed by atoms with Gasteiger partial charge in [-0.05, 0) is 31.2 Å². The molecule has 4 rings (SSSR count). The fourth-order valence-corrected chi connectivity index (χ4v) is 3.03. The molecule has 0 unspecified atom stereocenters. The Labute approximate surface area is 128 Å². The van der Waals surface area contributed by atoms with Gasteiger partial charge in [0.15, 0.2) is 0 Å². The van der Waals surface area contributed by atoms with Gasteiger partial charge in [-0.15, -0.1) is 0 Å². The van der Waals surface area contributed by atoms with E-state index in [0.29, 0.717) is 5.56 Å². The molecule has 0 saturated heterocycles. The molecule has 0 N–H and O–H groups in total. The van der Waals surface area contributed by atoms with Crippen LogP contribution in [0.25, 0.3) is 27.5 Å². The lowest BCUT2D eigenvalue weighted by molar-refractivity contribution is 1.01. The van der Waals surface area contributed by atoms with E-state index in [0.717, 1.165) is 33.3 Å². The van der Waals surface area contributed by atoms with E-state index < -0.39 is 0 Å². The monoisotopic (exact) mass is 283 g/mol. The molecule has 0 radical (unpaired) electrons. The Kier molecular flexibility index (Phi) is 2.70. The van der Waals surface area contributed by atoms with Gasteiger partial charge >= 0.3 is 0 Å². The van der Waals surface area contributed by atoms with E-state index in [1.807, 2.05) is 55.5 Å². The number of aromatic nitrogens is 2. The second kappa shape index (κ2) is 4.71. The molecule has 22 heavy (non-hydrogen) atoms. The molecule has 3 aromatic carbocycles. The highest BCUT2D eigenvalue weighted by Gasteiger charge is 2.12. The Morgan fingerprint density at radius 3 is 2.45 bits per heavy atom. The van der Waals surface area contributed by atoms with Gasteiger partial charge < -0.3 is 0 Å². The molecule has 0 atom stereocenters. The highest BCUT2D eigenvalue weighted by Crippen LogP contribution is 2.29. The van der Waals surface area contributed by atoms with Gasteiger partial charge in [0.1, 0.15) is 5.82 Å². The molecule has 0 fully saturated rings. The van der Waals surface area contributed by atoms with Crippen molar-refractivity contribution in [2.24, 2.45) is 0 Å². The number of nitrogens with zero attached hydrogens (tertiary/aromatic N) is 3. The minimum Gasteiger partial charge on any atom is -0.296 e. The van der Waals surface area contributed by atoms with E-state index in [9.17, 15) is 5.26 Å². The molecular formula is C19H13N3. The molecule has 0 bridgehead atoms. The van der Waals surface area contributed by atoms with Crippen LogP contribution in [-0.2, 0) is 0 Å². The molecule has 0 aliphatic rings. The Hall–Kier alpha value is -3.12. The first kappa shape index (κ1) is 12.6. The van der Waals surface area contributed by atoms with E-state index in [2.05, 4.69) is 27.8 Å². The maximum Gasteiger partial charge on any atom is 0.111 e. The van der Waals surface area contributed by atoms with Crippen molar-refractivity contribution < 1.29 is 0 Å². The van der Waals surface area contributed by atoms with Gasteiger partial charge in [-0.25, -0.2) is 4.98 Å². The first-order valence-corrected chi connectivity index (χ1v) is 7.16. The number of benzene rings is 3. The maximum atomic E-state index is 9.31. The molecule has 0 spiro atoms. The first-order valence-electron chi connectivity index (χ1n) is 7.16. The maximum absolute atomic E-state index is 9.31. The number of hydrogen-bond acceptors (Lipinski definition) is 2. The molecule has 0 aliphatic carbocycles. The summed E-state index contributed by atoms with van der Waals surface area (Å²) in [7, 11) is 0. The molecule has 4 aromatic rings. The van der Waals surface area contributed by atoms with E-state index in [1.165, 1.54) is 0 Å². The van der Waals surface area contributed by atoms with Crippen LogP contribution in [-0.4, -0.2) is 9.55 Å². The van der Waals surface area contributed by atoms with Crippen molar-refractivity contribution in [1.29, 1.82) is 5.26 Å². The summed E-state index contributed by atoms with van der Waals surface area (Å²) in [6, 6.07) is 22.3. The molecule has 1 heterocycles. The van der Waals surface area contributed by atoms with Crippen molar-refractivity contribution in [2.45, 2.75) is 6.92 Å². The minimum atomic E-state index is 0.696. The van der Waals surface area contributed by atoms with Gasteiger partial charge in [0, 0.05) is 10.8 Å². The summed E-state index contributed by atoms with van der Waals surface area (Å²) < 4.78 is 2.15. The molecule has 0 amide bonds. The van der Waals surface area contributed by atoms with Crippen molar-refractivity contribution in [3.05, 3.63) is 72.1 Å². The topological polar surface area (TPSA) is 41.6 Å². The predicted molar refractivity (Wildman–Crippen MR) is 88.0 cm³/mol. The minimum absolute atomic E-state index is 0.696. The summed E-state index contributed by atoms with van der Waals surface area (Å²) in [6.45, 7) is 2.01. The zero-order valence-electron chi connectivity index (χ0n) is 12.1. The predicted octanol–water partition coefficient (Wildman–Crippen LogP) is 4.36. The van der Waals surface area contributed by atoms with Crippen LogP contribution >= 0.6 is 0 Å². The number of nitriles is 1. The fourth-order valence-electron chi connectivity index (χ4n) is 3.03. The summed E-state index contributed by atoms with van der Waals surface area (Å²) in [5.74, 6) is 0.941. The van der Waals surface area contributed by atoms with Crippen molar-refractivity contribution in [3.63, 3.8) is 0 Å². The number of rotatable bonds is 1. The van der Waals surface area contributed by atoms with Gasteiger partial charge in [0.25, 0.3) is 0 Å². The lowest BCUT2D eigenvalue weighted by Crippen LogP contribution is -1.98. The van der Waals surface area contributed by atoms with Gasteiger partial charge in [0.05, 0.1) is 28.4 Å². The SMILES string of the molecule is Cc1nc2ccccc2n1-c1ccc(C#N)c2ccccc12. The van der Waals surface area contributed by atoms with Crippen LogP contribution in [0.4, 0.5) is 0 Å². The fraction of sp³-hybridized carbons (Fsp3) is 0.0526. The van der Waals surface area contributed by atoms with Crippen LogP contribution in [0.5, 0.6) is 0 Å². The van der Waals surface area contributed by atoms with Crippen LogP contribution in [0, 0.1) is 18.3 Å². The second-order valence-corrected chi connectivity index (χ2v) is 5.27. The molecule has 0 aliphatic heterocycles. The lowest BCUT2D eigenvalue weighted by atomic mass is 10.0. The van der Waals surface area contributed by atoms with Crippen LogP contribution in [0.15, 0.2) is 60.7 Å². The summed E-state index contributed by atoms with van der Waals surface area (Å²) in [5, 5.41) is 11.3. The van der Waals surface area contributed by atoms with Gasteiger partial charge in [-0.3, -0.25) is 4.57 Å². The molecule has 3 nitrogen and oxygen atoms in total. The van der Waals surface area contributed by atoms with E-state index in [1.54, 1.807) is 0 Å². The van der Waals surface area contributed by atoms with E-state index in [4.69, 9.17) is 0 Å². The third kappa shape index (κ3) is 1.71. The van der Waals surface area contributed by atoms with E-state index in [-0.39, 0.29) is 0 Å². The average molecular weight is 283 g/mol. The van der Waals surface area contributed by atoms with Crippen LogP contribution in [0.2, 0.25) is 0 Å². The summed E-state index contributed by atoms with van der Waals surface area (Å²) in [4.78, 5) is 4.64. The Morgan fingerprint density at radius 2 is 1.64 bits per heavy atom. The third-order valence-electron chi connectivity index (χ3n) is 3.99. The normalized spacial score (nSPS) is 10.9. The zero-order valence-corrected chi connectivity index (χ0v) is 12.1. The van der Waals surface area contributed by atoms with Crippen LogP contribution in [0.1, 0.15) is 11.4 Å². The second-order valence-electron chi connectivity index (χ2n) is 5.27. The van der Waals surface area contributed by atoms with Crippen molar-refractivity contribution in [2.75, 3.05) is 0 Å². The van der Waals surface area contributed by atoms with Gasteiger partial charge in [0.2, 0.25) is 0 Å². The summed E-state index contributed by atoms with van der Waals surface area (Å²) >= 11 is 0. The Balaban J connectivity index is 2.14. The molecular weight excluding hydrogens is 270 g/mol. The Morgan fingerprint density at radius 1 is 0.909 bits per heavy atom. The Bertz CT molecular complexity index is 1050. The van der Waals surface area contributed by atoms with Crippen LogP contribution < -0.4 is 0 Å². The van der Waals surface area contributed by atoms with Crippen molar-refractivity contribution in [3.8, 4) is 11.8 Å². The zero-order chi connectivity index (χ0) is 15.1. The number of imidazole rings is 1. The quantitative estimate of drug-likeness (QED) is 0.521. The highest BCUT2D eigenvalue weighted by atomic mass is 15.1. The number of aryl methyl sites for hydroxylation is 1. The summed E-state index contributed by atoms with van der Waals surface area (Å²) in [5.41, 5.74) is 3.81. The van der Waals surface area contributed by atoms with E-state index >= 15 is 0 Å². The van der Waals surface area contributed by atoms with Crippen LogP contribution in [0.3, 0.4) is 0 Å². The molecule has 0 saturated carbocycles. The van der Waals surface area contributed by atoms with Crippen molar-refractivity contribution >= 4 is 21.8 Å². The lowest BCUT2D eigenvalue weighted by Gasteiger charge is -2.11. The number of para-hydroxylation sites is 2. The standard InChI is InChI=1S/C19H13N3/c1-13-21-17-8-4-5-9-19(17)22(13)18-11-10-14(12-20)15-6-2-3-7-16(15)18/h2-11H,1H3. The molecule has 104 valence electrons. The average Bonchev–Trinajstić information content (AvgIpc) is 2.89. The highest BCUT2D eigenvalue weighted by molar-refractivity contribution is 5.96. The van der Waals surface area contributed by atoms with Gasteiger partial charge in [-0.2, -0.15) is 5.26 Å². The van der Waals surface area contributed by atoms with Crippen molar-refractivity contribution in [1.82, 2.24) is 9.55 Å². The van der Waals surface area contributed by atoms with Gasteiger partial charge in [-0.1, -0.05) is 36.4 Å². The summed E-state index contributed by atoms with van der Waals surface area (Å²) in [6.07, 6.45) is 0. The number of hydrogen-bond donors (Lipinski definition) is 0. The largest absolute Gasteiger partial charge is 0.296 e. The smallest absolute Gasteiger partial charge is 0.111 e. The number of fused-ring (bicyclic) bond motifs is 2. The first-order chi connectivity index (χ1) is 10.8. The molecule has 1 aromatic heterocycles. The third-order valence-corrected chi connectivity index (χ3v) is 3.99.